The molecule has 0 aliphatic rings. The molecule has 0 spiro atoms. The summed E-state index contributed by atoms with van der Waals surface area (Å²) < 4.78 is 0. The normalized spacial score (nSPS) is 10.7. The Kier molecular flexibility index (Phi) is 4.88. The molecule has 25 heavy (non-hydrogen) atoms. The lowest BCUT2D eigenvalue weighted by Gasteiger charge is -2.17. The minimum absolute atomic E-state index is 0.0713. The Bertz CT molecular complexity index is 873. The largest absolute Gasteiger partial charge is 0.336 e. The van der Waals surface area contributed by atoms with Crippen molar-refractivity contribution in [1.82, 2.24) is 25.3 Å². The van der Waals surface area contributed by atoms with Crippen LogP contribution in [0.15, 0.2) is 42.5 Å². The van der Waals surface area contributed by atoms with Gasteiger partial charge in [-0.1, -0.05) is 37.3 Å². The lowest BCUT2D eigenvalue weighted by molar-refractivity contribution is 0.0781. The minimum atomic E-state index is -0.0713. The molecule has 0 saturated heterocycles. The van der Waals surface area contributed by atoms with E-state index in [4.69, 9.17) is 0 Å². The van der Waals surface area contributed by atoms with Crippen molar-refractivity contribution >= 4 is 5.91 Å². The fraction of sp³-hybridized carbons (Fsp3) is 0.263. The van der Waals surface area contributed by atoms with E-state index < -0.39 is 0 Å². The van der Waals surface area contributed by atoms with Crippen molar-refractivity contribution in [3.8, 4) is 11.3 Å². The highest BCUT2D eigenvalue weighted by Crippen LogP contribution is 2.18. The molecule has 0 atom stereocenters. The number of hydrogen-bond acceptors (Lipinski definition) is 4. The zero-order chi connectivity index (χ0) is 17.8. The summed E-state index contributed by atoms with van der Waals surface area (Å²) >= 11 is 0. The van der Waals surface area contributed by atoms with E-state index in [2.05, 4.69) is 20.4 Å². The molecular weight excluding hydrogens is 314 g/mol. The van der Waals surface area contributed by atoms with Crippen molar-refractivity contribution in [2.75, 3.05) is 7.05 Å². The number of amides is 1. The third kappa shape index (κ3) is 3.74. The molecule has 128 valence electrons. The van der Waals surface area contributed by atoms with E-state index in [1.54, 1.807) is 18.9 Å². The number of hydrogen-bond donors (Lipinski definition) is 1. The molecule has 0 bridgehead atoms. The summed E-state index contributed by atoms with van der Waals surface area (Å²) in [5.74, 6) is -0.0713. The van der Waals surface area contributed by atoms with E-state index in [9.17, 15) is 4.79 Å². The summed E-state index contributed by atoms with van der Waals surface area (Å²) in [5.41, 5.74) is 4.84. The van der Waals surface area contributed by atoms with Crippen LogP contribution in [0.3, 0.4) is 0 Å². The fourth-order valence-electron chi connectivity index (χ4n) is 2.61. The molecule has 6 nitrogen and oxygen atoms in total. The molecule has 0 aliphatic carbocycles. The topological polar surface area (TPSA) is 74.8 Å². The average Bonchev–Trinajstić information content (AvgIpc) is 3.11. The first-order valence-electron chi connectivity index (χ1n) is 8.27. The molecule has 0 radical (unpaired) electrons. The highest BCUT2D eigenvalue weighted by molar-refractivity contribution is 5.95. The molecule has 6 heteroatoms. The second kappa shape index (κ2) is 7.25. The van der Waals surface area contributed by atoms with Crippen molar-refractivity contribution in [2.45, 2.75) is 26.8 Å². The van der Waals surface area contributed by atoms with Gasteiger partial charge in [-0.05, 0) is 25.5 Å². The van der Waals surface area contributed by atoms with Crippen molar-refractivity contribution in [3.63, 3.8) is 0 Å². The first kappa shape index (κ1) is 16.8. The Hall–Kier alpha value is -3.02. The molecule has 0 unspecified atom stereocenters. The lowest BCUT2D eigenvalue weighted by atomic mass is 10.1. The number of nitrogens with zero attached hydrogens (tertiary/aromatic N) is 4. The molecule has 3 aromatic rings. The number of aromatic nitrogens is 4. The monoisotopic (exact) mass is 335 g/mol. The van der Waals surface area contributed by atoms with Gasteiger partial charge < -0.3 is 4.90 Å². The number of aryl methyl sites for hydroxylation is 2. The van der Waals surface area contributed by atoms with Crippen molar-refractivity contribution in [1.29, 1.82) is 0 Å². The molecule has 3 rings (SSSR count). The van der Waals surface area contributed by atoms with Crippen LogP contribution in [-0.4, -0.2) is 38.2 Å². The summed E-state index contributed by atoms with van der Waals surface area (Å²) in [7, 11) is 1.77. The number of rotatable bonds is 5. The van der Waals surface area contributed by atoms with E-state index in [0.29, 0.717) is 17.8 Å². The van der Waals surface area contributed by atoms with Crippen LogP contribution in [0.2, 0.25) is 0 Å². The molecule has 2 aromatic heterocycles. The molecule has 1 amide bonds. The number of aromatic amines is 1. The molecule has 0 aliphatic heterocycles. The van der Waals surface area contributed by atoms with E-state index in [1.807, 2.05) is 49.4 Å². The van der Waals surface area contributed by atoms with Crippen LogP contribution in [0.5, 0.6) is 0 Å². The summed E-state index contributed by atoms with van der Waals surface area (Å²) in [6.45, 7) is 4.24. The molecule has 1 N–H and O–H groups in total. The van der Waals surface area contributed by atoms with E-state index in [1.165, 1.54) is 0 Å². The Balaban J connectivity index is 1.75. The van der Waals surface area contributed by atoms with Gasteiger partial charge in [0.15, 0.2) is 0 Å². The minimum Gasteiger partial charge on any atom is -0.336 e. The van der Waals surface area contributed by atoms with Gasteiger partial charge in [-0.25, -0.2) is 0 Å². The molecule has 1 aromatic carbocycles. The van der Waals surface area contributed by atoms with Gasteiger partial charge >= 0.3 is 0 Å². The third-order valence-electron chi connectivity index (χ3n) is 4.08. The smallest absolute Gasteiger partial charge is 0.255 e. The molecule has 2 heterocycles. The van der Waals surface area contributed by atoms with Crippen molar-refractivity contribution in [3.05, 3.63) is 65.1 Å². The van der Waals surface area contributed by atoms with E-state index in [0.717, 1.165) is 29.1 Å². The Labute approximate surface area is 146 Å². The molecule has 0 saturated carbocycles. The van der Waals surface area contributed by atoms with Crippen molar-refractivity contribution in [2.24, 2.45) is 0 Å². The van der Waals surface area contributed by atoms with Gasteiger partial charge in [-0.2, -0.15) is 15.3 Å². The van der Waals surface area contributed by atoms with Gasteiger partial charge in [-0.3, -0.25) is 9.89 Å². The zero-order valence-electron chi connectivity index (χ0n) is 14.7. The van der Waals surface area contributed by atoms with Gasteiger partial charge in [0.25, 0.3) is 5.91 Å². The lowest BCUT2D eigenvalue weighted by Crippen LogP contribution is -2.27. The van der Waals surface area contributed by atoms with Gasteiger partial charge in [0.05, 0.1) is 34.9 Å². The first-order chi connectivity index (χ1) is 12.1. The summed E-state index contributed by atoms with van der Waals surface area (Å²) in [5, 5.41) is 15.5. The maximum atomic E-state index is 12.7. The Morgan fingerprint density at radius 2 is 1.92 bits per heavy atom. The number of H-pyrrole nitrogens is 1. The van der Waals surface area contributed by atoms with Crippen LogP contribution in [0.4, 0.5) is 0 Å². The number of carbonyl (C=O) groups is 1. The predicted octanol–water partition coefficient (Wildman–Crippen LogP) is 3.01. The van der Waals surface area contributed by atoms with Crippen LogP contribution >= 0.6 is 0 Å². The van der Waals surface area contributed by atoms with E-state index >= 15 is 0 Å². The number of benzene rings is 1. The highest BCUT2D eigenvalue weighted by Gasteiger charge is 2.17. The standard InChI is InChI=1S/C19H21N5O/c1-4-15-10-17(13(2)20-21-15)19(25)24(3)12-16-11-18(23-22-16)14-8-6-5-7-9-14/h5-11H,4,12H2,1-3H3,(H,22,23). The second-order valence-corrected chi connectivity index (χ2v) is 5.99. The van der Waals surface area contributed by atoms with Gasteiger partial charge in [0.2, 0.25) is 0 Å². The third-order valence-corrected chi connectivity index (χ3v) is 4.08. The van der Waals surface area contributed by atoms with E-state index in [-0.39, 0.29) is 5.91 Å². The molecule has 0 fully saturated rings. The van der Waals surface area contributed by atoms with Crippen LogP contribution in [0, 0.1) is 6.92 Å². The average molecular weight is 335 g/mol. The highest BCUT2D eigenvalue weighted by atomic mass is 16.2. The van der Waals surface area contributed by atoms with Crippen LogP contribution in [0.1, 0.15) is 34.4 Å². The van der Waals surface area contributed by atoms with Crippen LogP contribution in [-0.2, 0) is 13.0 Å². The second-order valence-electron chi connectivity index (χ2n) is 5.99. The number of carbonyl (C=O) groups excluding carboxylic acids is 1. The Morgan fingerprint density at radius 1 is 1.16 bits per heavy atom. The van der Waals surface area contributed by atoms with Crippen LogP contribution < -0.4 is 0 Å². The maximum absolute atomic E-state index is 12.7. The van der Waals surface area contributed by atoms with Gasteiger partial charge in [0, 0.05) is 12.6 Å². The fourth-order valence-corrected chi connectivity index (χ4v) is 2.61. The Morgan fingerprint density at radius 3 is 2.64 bits per heavy atom. The van der Waals surface area contributed by atoms with Crippen molar-refractivity contribution < 1.29 is 4.79 Å². The van der Waals surface area contributed by atoms with Gasteiger partial charge in [0.1, 0.15) is 0 Å². The maximum Gasteiger partial charge on any atom is 0.255 e. The zero-order valence-corrected chi connectivity index (χ0v) is 14.7. The summed E-state index contributed by atoms with van der Waals surface area (Å²) in [4.78, 5) is 14.4. The molecular formula is C19H21N5O. The van der Waals surface area contributed by atoms with Gasteiger partial charge in [-0.15, -0.1) is 0 Å². The SMILES string of the molecule is CCc1cc(C(=O)N(C)Cc2cc(-c3ccccc3)n[nH]2)c(C)nn1. The summed E-state index contributed by atoms with van der Waals surface area (Å²) in [6.07, 6.45) is 0.748. The van der Waals surface area contributed by atoms with Crippen LogP contribution in [0.25, 0.3) is 11.3 Å². The first-order valence-corrected chi connectivity index (χ1v) is 8.27. The predicted molar refractivity (Wildman–Crippen MR) is 96.0 cm³/mol. The summed E-state index contributed by atoms with van der Waals surface area (Å²) in [6, 6.07) is 13.7. The quantitative estimate of drug-likeness (QED) is 0.778. The number of nitrogens with one attached hydrogen (secondary N) is 1.